The van der Waals surface area contributed by atoms with Crippen LogP contribution in [0.25, 0.3) is 0 Å². The van der Waals surface area contributed by atoms with Gasteiger partial charge >= 0.3 is 0 Å². The summed E-state index contributed by atoms with van der Waals surface area (Å²) in [5, 5.41) is 2.96. The molecule has 0 unspecified atom stereocenters. The Kier molecular flexibility index (Phi) is 6.07. The summed E-state index contributed by atoms with van der Waals surface area (Å²) in [7, 11) is 1.63. The van der Waals surface area contributed by atoms with E-state index in [0.29, 0.717) is 12.2 Å². The molecule has 0 saturated heterocycles. The number of carbonyl (C=O) groups excluding carboxylic acids is 1. The largest absolute Gasteiger partial charge is 0.497 e. The molecular formula is C21H27NO3. The van der Waals surface area contributed by atoms with Crippen LogP contribution < -0.4 is 14.8 Å². The van der Waals surface area contributed by atoms with E-state index in [1.54, 1.807) is 7.11 Å². The van der Waals surface area contributed by atoms with Gasteiger partial charge in [-0.25, -0.2) is 0 Å². The van der Waals surface area contributed by atoms with Crippen LogP contribution in [0.5, 0.6) is 11.5 Å². The van der Waals surface area contributed by atoms with Crippen LogP contribution >= 0.6 is 0 Å². The molecule has 0 fully saturated rings. The third-order valence-electron chi connectivity index (χ3n) is 3.95. The van der Waals surface area contributed by atoms with E-state index in [2.05, 4.69) is 26.1 Å². The maximum absolute atomic E-state index is 12.3. The van der Waals surface area contributed by atoms with Crippen LogP contribution in [0, 0.1) is 0 Å². The Morgan fingerprint density at radius 3 is 2.08 bits per heavy atom. The minimum Gasteiger partial charge on any atom is -0.497 e. The first kappa shape index (κ1) is 18.8. The molecule has 4 nitrogen and oxygen atoms in total. The molecular weight excluding hydrogens is 314 g/mol. The molecule has 1 atom stereocenters. The lowest BCUT2D eigenvalue weighted by Gasteiger charge is -2.19. The molecule has 1 amide bonds. The summed E-state index contributed by atoms with van der Waals surface area (Å²) < 4.78 is 10.8. The maximum atomic E-state index is 12.3. The van der Waals surface area contributed by atoms with Crippen molar-refractivity contribution in [3.05, 3.63) is 59.7 Å². The highest BCUT2D eigenvalue weighted by Crippen LogP contribution is 2.22. The number of ether oxygens (including phenoxy) is 2. The van der Waals surface area contributed by atoms with Crippen molar-refractivity contribution in [2.45, 2.75) is 39.2 Å². The van der Waals surface area contributed by atoms with E-state index >= 15 is 0 Å². The Bertz CT molecular complexity index is 685. The number of hydrogen-bond donors (Lipinski definition) is 1. The van der Waals surface area contributed by atoms with Gasteiger partial charge in [0, 0.05) is 5.56 Å². The van der Waals surface area contributed by atoms with Crippen molar-refractivity contribution in [1.29, 1.82) is 0 Å². The van der Waals surface area contributed by atoms with Crippen molar-refractivity contribution in [3.8, 4) is 11.5 Å². The fourth-order valence-electron chi connectivity index (χ4n) is 2.36. The zero-order valence-corrected chi connectivity index (χ0v) is 15.6. The van der Waals surface area contributed by atoms with Crippen molar-refractivity contribution in [2.75, 3.05) is 13.7 Å². The molecule has 0 radical (unpaired) electrons. The summed E-state index contributed by atoms with van der Waals surface area (Å²) in [5.74, 6) is 1.44. The second kappa shape index (κ2) is 8.06. The molecule has 0 aliphatic heterocycles. The highest BCUT2D eigenvalue weighted by molar-refractivity contribution is 5.94. The first-order valence-electron chi connectivity index (χ1n) is 8.48. The van der Waals surface area contributed by atoms with Crippen molar-refractivity contribution >= 4 is 5.91 Å². The molecule has 0 spiro atoms. The summed E-state index contributed by atoms with van der Waals surface area (Å²) in [6, 6.07) is 15.0. The van der Waals surface area contributed by atoms with Gasteiger partial charge in [-0.3, -0.25) is 4.79 Å². The van der Waals surface area contributed by atoms with E-state index in [9.17, 15) is 4.79 Å². The Balaban J connectivity index is 1.86. The van der Waals surface area contributed by atoms with Gasteiger partial charge in [0.25, 0.3) is 5.91 Å². The summed E-state index contributed by atoms with van der Waals surface area (Å²) in [4.78, 5) is 12.3. The molecule has 134 valence electrons. The Morgan fingerprint density at radius 2 is 1.56 bits per heavy atom. The summed E-state index contributed by atoms with van der Waals surface area (Å²) in [6.07, 6.45) is 0. The first-order valence-corrected chi connectivity index (χ1v) is 8.48. The van der Waals surface area contributed by atoms with Crippen LogP contribution in [0.4, 0.5) is 0 Å². The van der Waals surface area contributed by atoms with Gasteiger partial charge in [-0.1, -0.05) is 32.9 Å². The second-order valence-corrected chi connectivity index (χ2v) is 7.19. The lowest BCUT2D eigenvalue weighted by atomic mass is 9.86. The molecule has 4 heteroatoms. The molecule has 2 rings (SSSR count). The van der Waals surface area contributed by atoms with Crippen LogP contribution in [0.2, 0.25) is 0 Å². The topological polar surface area (TPSA) is 47.6 Å². The van der Waals surface area contributed by atoms with Crippen molar-refractivity contribution < 1.29 is 14.3 Å². The number of hydrogen-bond acceptors (Lipinski definition) is 3. The normalized spacial score (nSPS) is 12.4. The average molecular weight is 341 g/mol. The van der Waals surface area contributed by atoms with Crippen molar-refractivity contribution in [1.82, 2.24) is 5.32 Å². The molecule has 0 aromatic heterocycles. The lowest BCUT2D eigenvalue weighted by Crippen LogP contribution is -2.36. The average Bonchev–Trinajstić information content (AvgIpc) is 2.59. The van der Waals surface area contributed by atoms with E-state index < -0.39 is 0 Å². The van der Waals surface area contributed by atoms with E-state index in [0.717, 1.165) is 11.5 Å². The van der Waals surface area contributed by atoms with Gasteiger partial charge in [-0.15, -0.1) is 0 Å². The molecule has 25 heavy (non-hydrogen) atoms. The van der Waals surface area contributed by atoms with E-state index in [1.165, 1.54) is 5.56 Å². The summed E-state index contributed by atoms with van der Waals surface area (Å²) in [6.45, 7) is 8.78. The number of amides is 1. The number of methoxy groups -OCH3 is 1. The maximum Gasteiger partial charge on any atom is 0.251 e. The number of benzene rings is 2. The van der Waals surface area contributed by atoms with Crippen LogP contribution in [0.15, 0.2) is 48.5 Å². The van der Waals surface area contributed by atoms with E-state index in [-0.39, 0.29) is 17.4 Å². The van der Waals surface area contributed by atoms with Gasteiger partial charge in [-0.05, 0) is 54.3 Å². The Morgan fingerprint density at radius 1 is 1.00 bits per heavy atom. The highest BCUT2D eigenvalue weighted by Gasteiger charge is 2.15. The van der Waals surface area contributed by atoms with Gasteiger partial charge in [0.2, 0.25) is 0 Å². The lowest BCUT2D eigenvalue weighted by molar-refractivity contribution is 0.0926. The molecule has 0 aliphatic rings. The van der Waals surface area contributed by atoms with E-state index in [1.807, 2.05) is 55.5 Å². The molecule has 0 aliphatic carbocycles. The zero-order chi connectivity index (χ0) is 18.4. The van der Waals surface area contributed by atoms with Gasteiger partial charge in [0.1, 0.15) is 18.1 Å². The number of carbonyl (C=O) groups is 1. The molecule has 2 aromatic rings. The Labute approximate surface area is 150 Å². The number of nitrogens with one attached hydrogen (secondary N) is 1. The van der Waals surface area contributed by atoms with Gasteiger partial charge < -0.3 is 14.8 Å². The van der Waals surface area contributed by atoms with Crippen LogP contribution in [0.1, 0.15) is 43.6 Å². The second-order valence-electron chi connectivity index (χ2n) is 7.19. The van der Waals surface area contributed by atoms with Crippen molar-refractivity contribution in [3.63, 3.8) is 0 Å². The predicted molar refractivity (Wildman–Crippen MR) is 101 cm³/mol. The minimum absolute atomic E-state index is 0.0779. The smallest absolute Gasteiger partial charge is 0.251 e. The van der Waals surface area contributed by atoms with Crippen molar-refractivity contribution in [2.24, 2.45) is 0 Å². The third kappa shape index (κ3) is 5.52. The molecule has 1 N–H and O–H groups in total. The summed E-state index contributed by atoms with van der Waals surface area (Å²) in [5.41, 5.74) is 1.94. The molecule has 0 saturated carbocycles. The van der Waals surface area contributed by atoms with Crippen LogP contribution in [-0.2, 0) is 5.41 Å². The molecule has 0 bridgehead atoms. The Hall–Kier alpha value is -2.49. The quantitative estimate of drug-likeness (QED) is 0.857. The fourth-order valence-corrected chi connectivity index (χ4v) is 2.36. The zero-order valence-electron chi connectivity index (χ0n) is 15.6. The van der Waals surface area contributed by atoms with Gasteiger partial charge in [0.15, 0.2) is 0 Å². The fraction of sp³-hybridized carbons (Fsp3) is 0.381. The van der Waals surface area contributed by atoms with Gasteiger partial charge in [0.05, 0.1) is 13.2 Å². The SMILES string of the molecule is COc1ccc(OC[C@@H](C)NC(=O)c2ccc(C(C)(C)C)cc2)cc1. The molecule has 2 aromatic carbocycles. The monoisotopic (exact) mass is 341 g/mol. The predicted octanol–water partition coefficient (Wildman–Crippen LogP) is 4.19. The van der Waals surface area contributed by atoms with Gasteiger partial charge in [-0.2, -0.15) is 0 Å². The third-order valence-corrected chi connectivity index (χ3v) is 3.95. The highest BCUT2D eigenvalue weighted by atomic mass is 16.5. The molecule has 0 heterocycles. The standard InChI is InChI=1S/C21H27NO3/c1-15(14-25-19-12-10-18(24-5)11-13-19)22-20(23)16-6-8-17(9-7-16)21(2,3)4/h6-13,15H,14H2,1-5H3,(H,22,23)/t15-/m1/s1. The minimum atomic E-state index is -0.100. The number of rotatable bonds is 6. The van der Waals surface area contributed by atoms with Crippen LogP contribution in [0.3, 0.4) is 0 Å². The van der Waals surface area contributed by atoms with Crippen LogP contribution in [-0.4, -0.2) is 25.7 Å². The summed E-state index contributed by atoms with van der Waals surface area (Å²) >= 11 is 0. The first-order chi connectivity index (χ1) is 11.8. The van der Waals surface area contributed by atoms with E-state index in [4.69, 9.17) is 9.47 Å².